The first-order chi connectivity index (χ1) is 8.10. The summed E-state index contributed by atoms with van der Waals surface area (Å²) in [6, 6.07) is 7.13. The van der Waals surface area contributed by atoms with Gasteiger partial charge in [-0.25, -0.2) is 0 Å². The fraction of sp³-hybridized carbons (Fsp3) is 0.333. The smallest absolute Gasteiger partial charge is 0.325 e. The number of ether oxygens (including phenoxy) is 1. The summed E-state index contributed by atoms with van der Waals surface area (Å²) in [4.78, 5) is 24.5. The highest BCUT2D eigenvalue weighted by Crippen LogP contribution is 2.15. The van der Waals surface area contributed by atoms with E-state index in [0.717, 1.165) is 5.69 Å². The van der Waals surface area contributed by atoms with E-state index in [1.54, 1.807) is 32.3 Å². The van der Waals surface area contributed by atoms with Crippen LogP contribution in [0.25, 0.3) is 0 Å². The van der Waals surface area contributed by atoms with Crippen molar-refractivity contribution in [1.29, 1.82) is 0 Å². The Kier molecular flexibility index (Phi) is 4.51. The van der Waals surface area contributed by atoms with Gasteiger partial charge in [0, 0.05) is 19.8 Å². The summed E-state index contributed by atoms with van der Waals surface area (Å²) in [5.74, 6) is -0.664. The summed E-state index contributed by atoms with van der Waals surface area (Å²) < 4.78 is 4.52. The van der Waals surface area contributed by atoms with Crippen LogP contribution in [0.2, 0.25) is 0 Å². The van der Waals surface area contributed by atoms with Crippen LogP contribution in [0.3, 0.4) is 0 Å². The molecule has 0 saturated heterocycles. The fourth-order valence-corrected chi connectivity index (χ4v) is 1.42. The molecule has 1 amide bonds. The van der Waals surface area contributed by atoms with Crippen LogP contribution in [0.4, 0.5) is 5.69 Å². The minimum absolute atomic E-state index is 0.0621. The Bertz CT molecular complexity index is 418. The summed E-state index contributed by atoms with van der Waals surface area (Å²) in [5.41, 5.74) is 1.26. The van der Waals surface area contributed by atoms with E-state index in [4.69, 9.17) is 0 Å². The van der Waals surface area contributed by atoms with Crippen molar-refractivity contribution < 1.29 is 14.3 Å². The van der Waals surface area contributed by atoms with Gasteiger partial charge in [-0.15, -0.1) is 0 Å². The van der Waals surface area contributed by atoms with Gasteiger partial charge in [-0.2, -0.15) is 0 Å². The molecule has 0 aliphatic carbocycles. The Balaban J connectivity index is 2.85. The van der Waals surface area contributed by atoms with E-state index in [1.807, 2.05) is 6.07 Å². The number of hydrogen-bond donors (Lipinski definition) is 1. The van der Waals surface area contributed by atoms with Crippen molar-refractivity contribution in [2.24, 2.45) is 0 Å². The molecule has 0 fully saturated rings. The molecule has 17 heavy (non-hydrogen) atoms. The molecule has 1 aromatic rings. The third-order valence-corrected chi connectivity index (χ3v) is 2.37. The molecule has 1 rings (SSSR count). The van der Waals surface area contributed by atoms with Crippen molar-refractivity contribution >= 4 is 17.6 Å². The Hall–Kier alpha value is -2.04. The number of carbonyl (C=O) groups excluding carboxylic acids is 2. The molecule has 1 N–H and O–H groups in total. The van der Waals surface area contributed by atoms with E-state index < -0.39 is 5.97 Å². The predicted octanol–water partition coefficient (Wildman–Crippen LogP) is 0.973. The number of anilines is 1. The van der Waals surface area contributed by atoms with Crippen LogP contribution >= 0.6 is 0 Å². The SMILES string of the molecule is CNc1ccccc1C(=O)N(C)CC(=O)OC. The van der Waals surface area contributed by atoms with Crippen LogP contribution < -0.4 is 5.32 Å². The van der Waals surface area contributed by atoms with E-state index in [1.165, 1.54) is 12.0 Å². The third-order valence-electron chi connectivity index (χ3n) is 2.37. The maximum Gasteiger partial charge on any atom is 0.325 e. The Labute approximate surface area is 100 Å². The lowest BCUT2D eigenvalue weighted by atomic mass is 10.1. The predicted molar refractivity (Wildman–Crippen MR) is 65.0 cm³/mol. The van der Waals surface area contributed by atoms with Crippen molar-refractivity contribution in [3.8, 4) is 0 Å². The van der Waals surface area contributed by atoms with E-state index in [9.17, 15) is 9.59 Å². The van der Waals surface area contributed by atoms with E-state index in [0.29, 0.717) is 5.56 Å². The Morgan fingerprint density at radius 3 is 2.59 bits per heavy atom. The average Bonchev–Trinajstić information content (AvgIpc) is 2.37. The molecular weight excluding hydrogens is 220 g/mol. The normalized spacial score (nSPS) is 9.59. The number of amides is 1. The standard InChI is InChI=1S/C12H16N2O3/c1-13-10-7-5-4-6-9(10)12(16)14(2)8-11(15)17-3/h4-7,13H,8H2,1-3H3. The van der Waals surface area contributed by atoms with Crippen LogP contribution in [0, 0.1) is 0 Å². The number of benzene rings is 1. The molecule has 0 spiro atoms. The molecule has 0 aliphatic rings. The Morgan fingerprint density at radius 1 is 1.35 bits per heavy atom. The maximum atomic E-state index is 12.1. The van der Waals surface area contributed by atoms with Crippen molar-refractivity contribution in [1.82, 2.24) is 4.90 Å². The van der Waals surface area contributed by atoms with Gasteiger partial charge in [0.1, 0.15) is 6.54 Å². The van der Waals surface area contributed by atoms with Crippen molar-refractivity contribution in [3.05, 3.63) is 29.8 Å². The number of para-hydroxylation sites is 1. The monoisotopic (exact) mass is 236 g/mol. The second-order valence-electron chi connectivity index (χ2n) is 3.53. The second kappa shape index (κ2) is 5.89. The number of hydrogen-bond acceptors (Lipinski definition) is 4. The number of methoxy groups -OCH3 is 1. The van der Waals surface area contributed by atoms with Gasteiger partial charge in [0.15, 0.2) is 0 Å². The summed E-state index contributed by atoms with van der Waals surface area (Å²) in [6.45, 7) is -0.0621. The lowest BCUT2D eigenvalue weighted by Crippen LogP contribution is -2.33. The van der Waals surface area contributed by atoms with Gasteiger partial charge in [-0.1, -0.05) is 12.1 Å². The molecule has 0 aliphatic heterocycles. The highest BCUT2D eigenvalue weighted by molar-refractivity contribution is 6.00. The molecule has 92 valence electrons. The number of likely N-dealkylation sites (N-methyl/N-ethyl adjacent to an activating group) is 1. The highest BCUT2D eigenvalue weighted by Gasteiger charge is 2.17. The van der Waals surface area contributed by atoms with Crippen LogP contribution in [0.1, 0.15) is 10.4 Å². The van der Waals surface area contributed by atoms with E-state index in [2.05, 4.69) is 10.1 Å². The summed E-state index contributed by atoms with van der Waals surface area (Å²) in [5, 5.41) is 2.93. The number of nitrogens with one attached hydrogen (secondary N) is 1. The van der Waals surface area contributed by atoms with Gasteiger partial charge in [0.2, 0.25) is 0 Å². The highest BCUT2D eigenvalue weighted by atomic mass is 16.5. The maximum absolute atomic E-state index is 12.1. The lowest BCUT2D eigenvalue weighted by molar-refractivity contribution is -0.141. The molecule has 0 atom stereocenters. The molecule has 5 nitrogen and oxygen atoms in total. The molecule has 0 aromatic heterocycles. The molecule has 0 heterocycles. The lowest BCUT2D eigenvalue weighted by Gasteiger charge is -2.17. The van der Waals surface area contributed by atoms with Gasteiger partial charge >= 0.3 is 5.97 Å². The van der Waals surface area contributed by atoms with Gasteiger partial charge < -0.3 is 15.0 Å². The molecule has 0 bridgehead atoms. The third kappa shape index (κ3) is 3.21. The molecule has 0 unspecified atom stereocenters. The van der Waals surface area contributed by atoms with Crippen molar-refractivity contribution in [3.63, 3.8) is 0 Å². The fourth-order valence-electron chi connectivity index (χ4n) is 1.42. The molecular formula is C12H16N2O3. The number of carbonyl (C=O) groups is 2. The number of nitrogens with zero attached hydrogens (tertiary/aromatic N) is 1. The average molecular weight is 236 g/mol. The zero-order chi connectivity index (χ0) is 12.8. The largest absolute Gasteiger partial charge is 0.468 e. The quantitative estimate of drug-likeness (QED) is 0.791. The van der Waals surface area contributed by atoms with Gasteiger partial charge in [0.25, 0.3) is 5.91 Å². The van der Waals surface area contributed by atoms with Crippen molar-refractivity contribution in [2.75, 3.05) is 33.1 Å². The summed E-state index contributed by atoms with van der Waals surface area (Å²) in [7, 11) is 4.60. The van der Waals surface area contributed by atoms with Crippen molar-refractivity contribution in [2.45, 2.75) is 0 Å². The van der Waals surface area contributed by atoms with E-state index >= 15 is 0 Å². The van der Waals surface area contributed by atoms with Crippen LogP contribution in [0.15, 0.2) is 24.3 Å². The number of rotatable bonds is 4. The van der Waals surface area contributed by atoms with Gasteiger partial charge in [-0.3, -0.25) is 9.59 Å². The van der Waals surface area contributed by atoms with Crippen LogP contribution in [-0.4, -0.2) is 44.5 Å². The first kappa shape index (κ1) is 13.0. The van der Waals surface area contributed by atoms with Crippen LogP contribution in [0.5, 0.6) is 0 Å². The summed E-state index contributed by atoms with van der Waals surface area (Å²) >= 11 is 0. The minimum atomic E-state index is -0.442. The first-order valence-electron chi connectivity index (χ1n) is 5.19. The van der Waals surface area contributed by atoms with Gasteiger partial charge in [-0.05, 0) is 12.1 Å². The Morgan fingerprint density at radius 2 is 2.00 bits per heavy atom. The molecule has 5 heteroatoms. The minimum Gasteiger partial charge on any atom is -0.468 e. The topological polar surface area (TPSA) is 58.6 Å². The second-order valence-corrected chi connectivity index (χ2v) is 3.53. The molecule has 0 radical (unpaired) electrons. The number of esters is 1. The molecule has 1 aromatic carbocycles. The van der Waals surface area contributed by atoms with Crippen LogP contribution in [-0.2, 0) is 9.53 Å². The van der Waals surface area contributed by atoms with Gasteiger partial charge in [0.05, 0.1) is 12.7 Å². The van der Waals surface area contributed by atoms with E-state index in [-0.39, 0.29) is 12.5 Å². The molecule has 0 saturated carbocycles. The summed E-state index contributed by atoms with van der Waals surface area (Å²) in [6.07, 6.45) is 0. The first-order valence-corrected chi connectivity index (χ1v) is 5.19. The zero-order valence-corrected chi connectivity index (χ0v) is 10.2. The zero-order valence-electron chi connectivity index (χ0n) is 10.2.